The van der Waals surface area contributed by atoms with E-state index in [4.69, 9.17) is 23.2 Å². The molecule has 74 valence electrons. The van der Waals surface area contributed by atoms with Gasteiger partial charge in [-0.2, -0.15) is 5.10 Å². The molecule has 2 rings (SSSR count). The van der Waals surface area contributed by atoms with E-state index in [0.717, 1.165) is 11.4 Å². The van der Waals surface area contributed by atoms with Crippen LogP contribution in [0.5, 0.6) is 0 Å². The largest absolute Gasteiger partial charge is 0.291 e. The van der Waals surface area contributed by atoms with Crippen LogP contribution in [0.4, 0.5) is 0 Å². The Morgan fingerprint density at radius 3 is 2.43 bits per heavy atom. The van der Waals surface area contributed by atoms with Crippen molar-refractivity contribution in [2.24, 2.45) is 5.10 Å². The molecule has 1 aromatic carbocycles. The zero-order valence-electron chi connectivity index (χ0n) is 7.74. The first-order valence-electron chi connectivity index (χ1n) is 4.38. The van der Waals surface area contributed by atoms with Crippen molar-refractivity contribution in [3.05, 3.63) is 34.9 Å². The van der Waals surface area contributed by atoms with E-state index in [1.54, 1.807) is 0 Å². The Morgan fingerprint density at radius 2 is 1.93 bits per heavy atom. The highest BCUT2D eigenvalue weighted by molar-refractivity contribution is 6.65. The van der Waals surface area contributed by atoms with Gasteiger partial charge in [0.1, 0.15) is 5.17 Å². The third-order valence-corrected chi connectivity index (χ3v) is 2.82. The molecule has 1 unspecified atom stereocenters. The molecule has 1 atom stereocenters. The molecule has 1 aromatic rings. The first-order chi connectivity index (χ1) is 6.66. The van der Waals surface area contributed by atoms with Gasteiger partial charge in [0.2, 0.25) is 0 Å². The van der Waals surface area contributed by atoms with Gasteiger partial charge in [0.05, 0.1) is 6.04 Å². The maximum absolute atomic E-state index is 5.87. The van der Waals surface area contributed by atoms with E-state index in [2.05, 4.69) is 5.10 Å². The fraction of sp³-hybridized carbons (Fsp3) is 0.300. The lowest BCUT2D eigenvalue weighted by molar-refractivity contribution is 0.290. The van der Waals surface area contributed by atoms with Gasteiger partial charge < -0.3 is 0 Å². The van der Waals surface area contributed by atoms with Crippen LogP contribution in [0.3, 0.4) is 0 Å². The highest BCUT2D eigenvalue weighted by atomic mass is 35.5. The molecule has 0 radical (unpaired) electrons. The zero-order chi connectivity index (χ0) is 10.1. The lowest BCUT2D eigenvalue weighted by Crippen LogP contribution is -2.13. The molecule has 4 heteroatoms. The number of halogens is 2. The highest BCUT2D eigenvalue weighted by Crippen LogP contribution is 2.30. The van der Waals surface area contributed by atoms with E-state index in [9.17, 15) is 0 Å². The summed E-state index contributed by atoms with van der Waals surface area (Å²) in [6, 6.07) is 8.04. The molecule has 1 aliphatic heterocycles. The summed E-state index contributed by atoms with van der Waals surface area (Å²) < 4.78 is 0. The summed E-state index contributed by atoms with van der Waals surface area (Å²) in [7, 11) is 1.93. The van der Waals surface area contributed by atoms with Crippen molar-refractivity contribution < 1.29 is 0 Å². The molecule has 0 saturated carbocycles. The summed E-state index contributed by atoms with van der Waals surface area (Å²) in [6.45, 7) is 0. The molecule has 0 amide bonds. The van der Waals surface area contributed by atoms with E-state index >= 15 is 0 Å². The molecule has 0 bridgehead atoms. The van der Waals surface area contributed by atoms with Crippen LogP contribution in [-0.2, 0) is 0 Å². The second-order valence-corrected chi connectivity index (χ2v) is 4.19. The molecule has 0 aliphatic carbocycles. The van der Waals surface area contributed by atoms with Crippen molar-refractivity contribution in [1.29, 1.82) is 0 Å². The summed E-state index contributed by atoms with van der Waals surface area (Å²) in [6.07, 6.45) is 0.777. The van der Waals surface area contributed by atoms with Crippen molar-refractivity contribution >= 4 is 28.4 Å². The van der Waals surface area contributed by atoms with E-state index in [1.807, 2.05) is 36.3 Å². The maximum atomic E-state index is 5.87. The van der Waals surface area contributed by atoms with Crippen LogP contribution in [0.1, 0.15) is 18.0 Å². The van der Waals surface area contributed by atoms with Crippen LogP contribution >= 0.6 is 23.2 Å². The predicted molar refractivity (Wildman–Crippen MR) is 59.9 cm³/mol. The quantitative estimate of drug-likeness (QED) is 0.721. The van der Waals surface area contributed by atoms with Crippen molar-refractivity contribution in [3.8, 4) is 0 Å². The molecule has 0 fully saturated rings. The van der Waals surface area contributed by atoms with Gasteiger partial charge >= 0.3 is 0 Å². The standard InChI is InChI=1S/C10H10Cl2N2/c1-14-9(6-10(12)13-14)7-2-4-8(11)5-3-7/h2-5,9H,6H2,1H3. The fourth-order valence-electron chi connectivity index (χ4n) is 1.59. The van der Waals surface area contributed by atoms with Gasteiger partial charge in [-0.25, -0.2) is 0 Å². The van der Waals surface area contributed by atoms with Crippen LogP contribution in [0.15, 0.2) is 29.4 Å². The summed E-state index contributed by atoms with van der Waals surface area (Å²) in [5.74, 6) is 0. The Hall–Kier alpha value is -0.730. The van der Waals surface area contributed by atoms with Gasteiger partial charge in [0, 0.05) is 18.5 Å². The molecule has 0 N–H and O–H groups in total. The van der Waals surface area contributed by atoms with Crippen molar-refractivity contribution in [2.75, 3.05) is 7.05 Å². The molecule has 1 heterocycles. The summed E-state index contributed by atoms with van der Waals surface area (Å²) in [5.41, 5.74) is 1.19. The van der Waals surface area contributed by atoms with Gasteiger partial charge in [-0.3, -0.25) is 5.01 Å². The minimum Gasteiger partial charge on any atom is -0.291 e. The van der Waals surface area contributed by atoms with E-state index in [1.165, 1.54) is 5.56 Å². The van der Waals surface area contributed by atoms with Gasteiger partial charge in [-0.1, -0.05) is 35.3 Å². The second-order valence-electron chi connectivity index (χ2n) is 3.32. The van der Waals surface area contributed by atoms with E-state index < -0.39 is 0 Å². The smallest absolute Gasteiger partial charge is 0.128 e. The van der Waals surface area contributed by atoms with Gasteiger partial charge in [-0.05, 0) is 17.7 Å². The van der Waals surface area contributed by atoms with Crippen molar-refractivity contribution in [1.82, 2.24) is 5.01 Å². The van der Waals surface area contributed by atoms with E-state index in [0.29, 0.717) is 5.17 Å². The van der Waals surface area contributed by atoms with Crippen LogP contribution in [0, 0.1) is 0 Å². The molecule has 0 saturated heterocycles. The third-order valence-electron chi connectivity index (χ3n) is 2.33. The average molecular weight is 229 g/mol. The summed E-state index contributed by atoms with van der Waals surface area (Å²) in [4.78, 5) is 0. The first kappa shape index (κ1) is 9.81. The zero-order valence-corrected chi connectivity index (χ0v) is 9.26. The molecule has 0 spiro atoms. The Kier molecular flexibility index (Phi) is 2.66. The van der Waals surface area contributed by atoms with Crippen LogP contribution < -0.4 is 0 Å². The minimum absolute atomic E-state index is 0.250. The molecule has 0 aromatic heterocycles. The number of hydrogen-bond donors (Lipinski definition) is 0. The van der Waals surface area contributed by atoms with Crippen LogP contribution in [0.2, 0.25) is 5.02 Å². The Labute approximate surface area is 93.1 Å². The second kappa shape index (κ2) is 3.79. The fourth-order valence-corrected chi connectivity index (χ4v) is 1.98. The third kappa shape index (κ3) is 1.86. The number of hydrazone groups is 1. The Balaban J connectivity index is 2.21. The topological polar surface area (TPSA) is 15.6 Å². The van der Waals surface area contributed by atoms with Crippen molar-refractivity contribution in [3.63, 3.8) is 0 Å². The first-order valence-corrected chi connectivity index (χ1v) is 5.13. The van der Waals surface area contributed by atoms with Crippen LogP contribution in [0.25, 0.3) is 0 Å². The molecular weight excluding hydrogens is 219 g/mol. The van der Waals surface area contributed by atoms with Gasteiger partial charge in [0.25, 0.3) is 0 Å². The lowest BCUT2D eigenvalue weighted by atomic mass is 10.1. The SMILES string of the molecule is CN1N=C(Cl)CC1c1ccc(Cl)cc1. The Morgan fingerprint density at radius 1 is 1.29 bits per heavy atom. The maximum Gasteiger partial charge on any atom is 0.128 e. The lowest BCUT2D eigenvalue weighted by Gasteiger charge is -2.18. The summed E-state index contributed by atoms with van der Waals surface area (Å²) >= 11 is 11.7. The Bertz CT molecular complexity index is 359. The monoisotopic (exact) mass is 228 g/mol. The van der Waals surface area contributed by atoms with Gasteiger partial charge in [0.15, 0.2) is 0 Å². The number of rotatable bonds is 1. The van der Waals surface area contributed by atoms with Gasteiger partial charge in [-0.15, -0.1) is 0 Å². The molecule has 2 nitrogen and oxygen atoms in total. The van der Waals surface area contributed by atoms with Crippen LogP contribution in [-0.4, -0.2) is 17.2 Å². The minimum atomic E-state index is 0.250. The summed E-state index contributed by atoms with van der Waals surface area (Å²) in [5, 5.41) is 7.44. The normalized spacial score (nSPS) is 21.2. The molecular formula is C10H10Cl2N2. The molecule has 1 aliphatic rings. The number of benzene rings is 1. The number of nitrogens with zero attached hydrogens (tertiary/aromatic N) is 2. The van der Waals surface area contributed by atoms with Crippen molar-refractivity contribution in [2.45, 2.75) is 12.5 Å². The average Bonchev–Trinajstić information content (AvgIpc) is 2.47. The highest BCUT2D eigenvalue weighted by Gasteiger charge is 2.23. The molecule has 14 heavy (non-hydrogen) atoms. The number of hydrogen-bond acceptors (Lipinski definition) is 2. The van der Waals surface area contributed by atoms with E-state index in [-0.39, 0.29) is 6.04 Å². The predicted octanol–water partition coefficient (Wildman–Crippen LogP) is 3.27.